The third kappa shape index (κ3) is 4.82. The van der Waals surface area contributed by atoms with Crippen LogP contribution < -0.4 is 5.32 Å². The molecule has 0 bridgehead atoms. The topological polar surface area (TPSA) is 105 Å². The maximum absolute atomic E-state index is 10.6. The van der Waals surface area contributed by atoms with Crippen molar-refractivity contribution in [2.75, 3.05) is 11.9 Å². The summed E-state index contributed by atoms with van der Waals surface area (Å²) < 4.78 is 0.507. The van der Waals surface area contributed by atoms with Crippen molar-refractivity contribution < 1.29 is 14.8 Å². The molecular weight excluding hydrogens is 318 g/mol. The first-order valence-electron chi connectivity index (χ1n) is 5.68. The number of pyridine rings is 1. The van der Waals surface area contributed by atoms with Crippen LogP contribution in [0.1, 0.15) is 19.8 Å². The molecule has 1 heterocycles. The van der Waals surface area contributed by atoms with Gasteiger partial charge in [-0.25, -0.2) is 4.98 Å². The van der Waals surface area contributed by atoms with E-state index in [4.69, 9.17) is 5.11 Å². The molecule has 0 amide bonds. The largest absolute Gasteiger partial charge is 0.481 e. The number of hydrogen-bond donors (Lipinski definition) is 2. The van der Waals surface area contributed by atoms with Gasteiger partial charge in [-0.3, -0.25) is 14.9 Å². The number of nitro groups is 1. The number of carboxylic acids is 1. The van der Waals surface area contributed by atoms with Crippen LogP contribution in [0, 0.1) is 16.0 Å². The Morgan fingerprint density at radius 1 is 1.68 bits per heavy atom. The van der Waals surface area contributed by atoms with Crippen molar-refractivity contribution in [1.29, 1.82) is 0 Å². The van der Waals surface area contributed by atoms with E-state index in [2.05, 4.69) is 26.2 Å². The zero-order valence-corrected chi connectivity index (χ0v) is 11.9. The van der Waals surface area contributed by atoms with Crippen molar-refractivity contribution in [2.45, 2.75) is 19.8 Å². The van der Waals surface area contributed by atoms with Gasteiger partial charge in [-0.2, -0.15) is 0 Å². The highest BCUT2D eigenvalue weighted by molar-refractivity contribution is 9.10. The first-order chi connectivity index (χ1) is 8.91. The minimum absolute atomic E-state index is 0.0862. The van der Waals surface area contributed by atoms with Crippen LogP contribution >= 0.6 is 15.9 Å². The van der Waals surface area contributed by atoms with Gasteiger partial charge in [-0.1, -0.05) is 6.92 Å². The molecule has 0 fully saturated rings. The summed E-state index contributed by atoms with van der Waals surface area (Å²) in [6, 6.07) is 1.37. The number of hydrogen-bond acceptors (Lipinski definition) is 5. The highest BCUT2D eigenvalue weighted by Gasteiger charge is 2.12. The maximum atomic E-state index is 10.6. The van der Waals surface area contributed by atoms with Gasteiger partial charge in [0, 0.05) is 12.6 Å². The molecule has 19 heavy (non-hydrogen) atoms. The molecule has 1 rings (SSSR count). The van der Waals surface area contributed by atoms with Gasteiger partial charge in [-0.05, 0) is 28.8 Å². The normalized spacial score (nSPS) is 11.9. The quantitative estimate of drug-likeness (QED) is 0.452. The number of aliphatic carboxylic acids is 1. The van der Waals surface area contributed by atoms with Gasteiger partial charge >= 0.3 is 5.97 Å². The minimum Gasteiger partial charge on any atom is -0.481 e. The third-order valence-electron chi connectivity index (χ3n) is 2.57. The second kappa shape index (κ2) is 7.03. The van der Waals surface area contributed by atoms with E-state index >= 15 is 0 Å². The number of halogens is 1. The summed E-state index contributed by atoms with van der Waals surface area (Å²) in [5.41, 5.74) is -0.0862. The van der Waals surface area contributed by atoms with Gasteiger partial charge in [0.05, 0.1) is 15.3 Å². The van der Waals surface area contributed by atoms with Crippen LogP contribution in [0.15, 0.2) is 16.7 Å². The Labute approximate surface area is 118 Å². The van der Waals surface area contributed by atoms with Crippen LogP contribution in [-0.4, -0.2) is 27.5 Å². The molecule has 104 valence electrons. The van der Waals surface area contributed by atoms with E-state index in [1.54, 1.807) is 6.92 Å². The van der Waals surface area contributed by atoms with Crippen LogP contribution in [-0.2, 0) is 4.79 Å². The highest BCUT2D eigenvalue weighted by Crippen LogP contribution is 2.24. The smallest absolute Gasteiger partial charge is 0.306 e. The Balaban J connectivity index is 2.46. The molecule has 0 saturated heterocycles. The lowest BCUT2D eigenvalue weighted by molar-refractivity contribution is -0.385. The Morgan fingerprint density at radius 2 is 2.37 bits per heavy atom. The molecule has 1 atom stereocenters. The number of nitrogens with zero attached hydrogens (tertiary/aromatic N) is 2. The van der Waals surface area contributed by atoms with Crippen LogP contribution in [0.2, 0.25) is 0 Å². The van der Waals surface area contributed by atoms with Crippen LogP contribution in [0.25, 0.3) is 0 Å². The van der Waals surface area contributed by atoms with Crippen LogP contribution in [0.5, 0.6) is 0 Å². The highest BCUT2D eigenvalue weighted by atomic mass is 79.9. The van der Waals surface area contributed by atoms with E-state index in [9.17, 15) is 14.9 Å². The Hall–Kier alpha value is -1.70. The Kier molecular flexibility index (Phi) is 5.68. The summed E-state index contributed by atoms with van der Waals surface area (Å²) in [6.45, 7) is 2.21. The van der Waals surface area contributed by atoms with Crippen molar-refractivity contribution in [3.63, 3.8) is 0 Å². The maximum Gasteiger partial charge on any atom is 0.306 e. The predicted octanol–water partition coefficient (Wildman–Crippen LogP) is 2.67. The molecule has 7 nitrogen and oxygen atoms in total. The summed E-state index contributed by atoms with van der Waals surface area (Å²) in [4.78, 5) is 24.6. The van der Waals surface area contributed by atoms with Crippen LogP contribution in [0.3, 0.4) is 0 Å². The Morgan fingerprint density at radius 3 is 2.89 bits per heavy atom. The zero-order valence-electron chi connectivity index (χ0n) is 10.3. The summed E-state index contributed by atoms with van der Waals surface area (Å²) in [6.07, 6.45) is 2.42. The lowest BCUT2D eigenvalue weighted by atomic mass is 10.1. The lowest BCUT2D eigenvalue weighted by Gasteiger charge is -2.08. The first-order valence-corrected chi connectivity index (χ1v) is 6.47. The molecule has 1 unspecified atom stereocenters. The average Bonchev–Trinajstić information content (AvgIpc) is 2.35. The minimum atomic E-state index is -0.811. The van der Waals surface area contributed by atoms with Crippen molar-refractivity contribution >= 4 is 33.4 Å². The van der Waals surface area contributed by atoms with Gasteiger partial charge in [0.25, 0.3) is 5.69 Å². The van der Waals surface area contributed by atoms with Gasteiger partial charge in [-0.15, -0.1) is 0 Å². The van der Waals surface area contributed by atoms with Crippen molar-refractivity contribution in [3.8, 4) is 0 Å². The van der Waals surface area contributed by atoms with E-state index in [-0.39, 0.29) is 11.6 Å². The molecule has 8 heteroatoms. The van der Waals surface area contributed by atoms with E-state index in [1.165, 1.54) is 12.3 Å². The van der Waals surface area contributed by atoms with Crippen molar-refractivity contribution in [2.24, 2.45) is 5.92 Å². The van der Waals surface area contributed by atoms with Crippen molar-refractivity contribution in [1.82, 2.24) is 4.98 Å². The zero-order chi connectivity index (χ0) is 14.4. The molecule has 0 aliphatic heterocycles. The molecular formula is C11H14BrN3O4. The SMILES string of the molecule is CC(CCCNc1ncc([N+](=O)[O-])cc1Br)C(=O)O. The average molecular weight is 332 g/mol. The number of anilines is 1. The lowest BCUT2D eigenvalue weighted by Crippen LogP contribution is -2.12. The molecule has 0 spiro atoms. The summed E-state index contributed by atoms with van der Waals surface area (Å²) >= 11 is 3.20. The fourth-order valence-electron chi connectivity index (χ4n) is 1.40. The van der Waals surface area contributed by atoms with Gasteiger partial charge < -0.3 is 10.4 Å². The number of carboxylic acid groups (broad SMARTS) is 1. The molecule has 0 aromatic carbocycles. The number of nitrogens with one attached hydrogen (secondary N) is 1. The summed E-state index contributed by atoms with van der Waals surface area (Å²) in [7, 11) is 0. The number of aromatic nitrogens is 1. The molecule has 0 saturated carbocycles. The molecule has 0 radical (unpaired) electrons. The predicted molar refractivity (Wildman–Crippen MR) is 73.1 cm³/mol. The van der Waals surface area contributed by atoms with E-state index < -0.39 is 10.9 Å². The monoisotopic (exact) mass is 331 g/mol. The van der Waals surface area contributed by atoms with Crippen LogP contribution in [0.4, 0.5) is 11.5 Å². The molecule has 1 aromatic heterocycles. The number of carbonyl (C=O) groups is 1. The summed E-state index contributed by atoms with van der Waals surface area (Å²) in [5.74, 6) is -0.682. The molecule has 2 N–H and O–H groups in total. The van der Waals surface area contributed by atoms with E-state index in [0.29, 0.717) is 29.7 Å². The van der Waals surface area contributed by atoms with Gasteiger partial charge in [0.1, 0.15) is 12.0 Å². The third-order valence-corrected chi connectivity index (χ3v) is 3.17. The van der Waals surface area contributed by atoms with E-state index in [1.807, 2.05) is 0 Å². The van der Waals surface area contributed by atoms with Gasteiger partial charge in [0.2, 0.25) is 0 Å². The molecule has 0 aliphatic carbocycles. The molecule has 0 aliphatic rings. The fraction of sp³-hybridized carbons (Fsp3) is 0.455. The second-order valence-electron chi connectivity index (χ2n) is 4.09. The number of rotatable bonds is 7. The van der Waals surface area contributed by atoms with Crippen molar-refractivity contribution in [3.05, 3.63) is 26.9 Å². The van der Waals surface area contributed by atoms with Gasteiger partial charge in [0.15, 0.2) is 0 Å². The van der Waals surface area contributed by atoms with E-state index in [0.717, 1.165) is 0 Å². The standard InChI is InChI=1S/C11H14BrN3O4/c1-7(11(16)17)3-2-4-13-10-9(12)5-8(6-14-10)15(18)19/h5-7H,2-4H2,1H3,(H,13,14)(H,16,17). The first kappa shape index (κ1) is 15.4. The summed E-state index contributed by atoms with van der Waals surface area (Å²) in [5, 5.41) is 22.3. The second-order valence-corrected chi connectivity index (χ2v) is 4.94. The fourth-order valence-corrected chi connectivity index (χ4v) is 1.87. The molecule has 1 aromatic rings. The Bertz CT molecular complexity index is 481.